The number of anilines is 1. The summed E-state index contributed by atoms with van der Waals surface area (Å²) in [6.45, 7) is 2.21. The van der Waals surface area contributed by atoms with Crippen LogP contribution in [0.3, 0.4) is 0 Å². The van der Waals surface area contributed by atoms with Crippen molar-refractivity contribution in [3.05, 3.63) is 35.7 Å². The Hall–Kier alpha value is -3.14. The van der Waals surface area contributed by atoms with E-state index in [1.807, 2.05) is 13.0 Å². The van der Waals surface area contributed by atoms with Crippen LogP contribution in [0.25, 0.3) is 0 Å². The molecular weight excluding hydrogens is 402 g/mol. The minimum absolute atomic E-state index is 0.0726. The number of carbonyl (C=O) groups excluding carboxylic acids is 1. The van der Waals surface area contributed by atoms with Gasteiger partial charge in [-0.1, -0.05) is 6.07 Å². The lowest BCUT2D eigenvalue weighted by Crippen LogP contribution is -2.46. The number of hydrogen-bond donors (Lipinski definition) is 3. The van der Waals surface area contributed by atoms with Gasteiger partial charge in [0.2, 0.25) is 11.8 Å². The Bertz CT molecular complexity index is 885. The Morgan fingerprint density at radius 2 is 2.16 bits per heavy atom. The molecule has 0 aliphatic heterocycles. The van der Waals surface area contributed by atoms with Gasteiger partial charge in [-0.05, 0) is 31.7 Å². The molecule has 3 N–H and O–H groups in total. The molecule has 10 nitrogen and oxygen atoms in total. The van der Waals surface area contributed by atoms with Crippen LogP contribution in [-0.4, -0.2) is 70.1 Å². The molecule has 0 aromatic carbocycles. The van der Waals surface area contributed by atoms with Gasteiger partial charge in [-0.15, -0.1) is 0 Å². The number of amides is 2. The number of pyridine rings is 1. The van der Waals surface area contributed by atoms with Crippen molar-refractivity contribution < 1.29 is 24.2 Å². The van der Waals surface area contributed by atoms with E-state index in [0.717, 1.165) is 24.1 Å². The largest absolute Gasteiger partial charge is 0.481 e. The second kappa shape index (κ2) is 10.3. The predicted molar refractivity (Wildman–Crippen MR) is 113 cm³/mol. The number of nitrogens with one attached hydrogen (secondary N) is 2. The summed E-state index contributed by atoms with van der Waals surface area (Å²) < 4.78 is 10.1. The number of methoxy groups -OCH3 is 2. The van der Waals surface area contributed by atoms with Crippen molar-refractivity contribution >= 4 is 17.8 Å². The number of carboxylic acid groups (broad SMARTS) is 1. The molecule has 3 atom stereocenters. The van der Waals surface area contributed by atoms with E-state index in [0.29, 0.717) is 24.7 Å². The summed E-state index contributed by atoms with van der Waals surface area (Å²) in [7, 11) is 3.11. The Labute approximate surface area is 180 Å². The maximum absolute atomic E-state index is 12.3. The first-order valence-electron chi connectivity index (χ1n) is 10.3. The van der Waals surface area contributed by atoms with Crippen LogP contribution in [0.15, 0.2) is 24.4 Å². The van der Waals surface area contributed by atoms with Crippen LogP contribution in [0.2, 0.25) is 0 Å². The van der Waals surface area contributed by atoms with Gasteiger partial charge >= 0.3 is 6.09 Å². The maximum Gasteiger partial charge on any atom is 0.407 e. The predicted octanol–water partition coefficient (Wildman–Crippen LogP) is 2.65. The third kappa shape index (κ3) is 5.72. The van der Waals surface area contributed by atoms with Crippen LogP contribution in [0.5, 0.6) is 5.88 Å². The van der Waals surface area contributed by atoms with Crippen molar-refractivity contribution in [2.24, 2.45) is 0 Å². The lowest BCUT2D eigenvalue weighted by molar-refractivity contribution is -0.115. The lowest BCUT2D eigenvalue weighted by atomic mass is 10.0. The van der Waals surface area contributed by atoms with Gasteiger partial charge in [-0.25, -0.2) is 9.78 Å². The van der Waals surface area contributed by atoms with Crippen molar-refractivity contribution in [2.45, 2.75) is 50.6 Å². The highest BCUT2D eigenvalue weighted by molar-refractivity contribution is 5.91. The number of carbonyl (C=O) groups is 2. The number of nitrogens with zero attached hydrogens (tertiary/aromatic N) is 3. The molecule has 168 valence electrons. The Balaban J connectivity index is 1.56. The zero-order valence-corrected chi connectivity index (χ0v) is 18.0. The zero-order valence-electron chi connectivity index (χ0n) is 18.0. The van der Waals surface area contributed by atoms with Crippen LogP contribution in [0.1, 0.15) is 43.4 Å². The minimum Gasteiger partial charge on any atom is -0.481 e. The van der Waals surface area contributed by atoms with Gasteiger partial charge in [-0.2, -0.15) is 5.10 Å². The number of aromatic amines is 1. The van der Waals surface area contributed by atoms with Crippen molar-refractivity contribution in [3.63, 3.8) is 0 Å². The van der Waals surface area contributed by atoms with Gasteiger partial charge in [0.1, 0.15) is 0 Å². The third-order valence-corrected chi connectivity index (χ3v) is 5.58. The molecule has 2 aromatic rings. The third-order valence-electron chi connectivity index (χ3n) is 5.58. The molecule has 2 amide bonds. The first kappa shape index (κ1) is 22.5. The van der Waals surface area contributed by atoms with E-state index in [1.165, 1.54) is 12.0 Å². The minimum atomic E-state index is -0.930. The van der Waals surface area contributed by atoms with Gasteiger partial charge in [0.05, 0.1) is 26.2 Å². The molecule has 10 heteroatoms. The molecule has 31 heavy (non-hydrogen) atoms. The molecule has 2 heterocycles. The molecule has 2 unspecified atom stereocenters. The average Bonchev–Trinajstić information content (AvgIpc) is 3.38. The van der Waals surface area contributed by atoms with Gasteiger partial charge in [0.25, 0.3) is 0 Å². The van der Waals surface area contributed by atoms with Crippen LogP contribution in [0, 0.1) is 0 Å². The van der Waals surface area contributed by atoms with Gasteiger partial charge in [-0.3, -0.25) is 9.89 Å². The van der Waals surface area contributed by atoms with E-state index in [9.17, 15) is 14.7 Å². The maximum atomic E-state index is 12.3. The van der Waals surface area contributed by atoms with Gasteiger partial charge in [0, 0.05) is 43.1 Å². The zero-order chi connectivity index (χ0) is 22.4. The smallest absolute Gasteiger partial charge is 0.407 e. The highest BCUT2D eigenvalue weighted by atomic mass is 16.5. The standard InChI is InChI=1S/C21H29N5O5/c1-13(12-30-2)26(21(28)29)16-6-5-15(9-16)17-10-18(25-24-17)23-19(27)8-14-4-7-20(31-3)22-11-14/h4,7,10-11,13,15-16H,5-6,8-9,12H2,1-3H3,(H,28,29)(H2,23,24,25,27)/t13-,15?,16?/m0/s1. The summed E-state index contributed by atoms with van der Waals surface area (Å²) in [6, 6.07) is 5.03. The van der Waals surface area contributed by atoms with E-state index in [1.54, 1.807) is 25.4 Å². The molecule has 3 rings (SSSR count). The Morgan fingerprint density at radius 1 is 1.35 bits per heavy atom. The SMILES string of the molecule is COC[C@H](C)N(C(=O)O)C1CCC(c2cc(NC(=O)Cc3ccc(OC)nc3)n[nH]2)C1. The number of aromatic nitrogens is 3. The molecule has 0 radical (unpaired) electrons. The quantitative estimate of drug-likeness (QED) is 0.556. The summed E-state index contributed by atoms with van der Waals surface area (Å²) in [4.78, 5) is 29.6. The molecule has 0 spiro atoms. The molecule has 1 aliphatic carbocycles. The van der Waals surface area contributed by atoms with Crippen molar-refractivity contribution in [3.8, 4) is 5.88 Å². The average molecular weight is 431 g/mol. The molecule has 0 bridgehead atoms. The Morgan fingerprint density at radius 3 is 2.81 bits per heavy atom. The molecule has 0 saturated heterocycles. The van der Waals surface area contributed by atoms with Crippen molar-refractivity contribution in [1.29, 1.82) is 0 Å². The highest BCUT2D eigenvalue weighted by Crippen LogP contribution is 2.37. The van der Waals surface area contributed by atoms with Crippen molar-refractivity contribution in [1.82, 2.24) is 20.1 Å². The van der Waals surface area contributed by atoms with E-state index >= 15 is 0 Å². The number of H-pyrrole nitrogens is 1. The molecular formula is C21H29N5O5. The van der Waals surface area contributed by atoms with E-state index in [-0.39, 0.29) is 30.3 Å². The fourth-order valence-corrected chi connectivity index (χ4v) is 4.14. The second-order valence-electron chi connectivity index (χ2n) is 7.80. The molecule has 2 aromatic heterocycles. The summed E-state index contributed by atoms with van der Waals surface area (Å²) in [6.07, 6.45) is 3.17. The fourth-order valence-electron chi connectivity index (χ4n) is 4.14. The van der Waals surface area contributed by atoms with Crippen molar-refractivity contribution in [2.75, 3.05) is 26.1 Å². The van der Waals surface area contributed by atoms with E-state index in [4.69, 9.17) is 9.47 Å². The second-order valence-corrected chi connectivity index (χ2v) is 7.80. The number of hydrogen-bond acceptors (Lipinski definition) is 6. The van der Waals surface area contributed by atoms with E-state index in [2.05, 4.69) is 20.5 Å². The lowest BCUT2D eigenvalue weighted by Gasteiger charge is -2.31. The summed E-state index contributed by atoms with van der Waals surface area (Å²) >= 11 is 0. The highest BCUT2D eigenvalue weighted by Gasteiger charge is 2.35. The van der Waals surface area contributed by atoms with Crippen LogP contribution < -0.4 is 10.1 Å². The molecule has 1 fully saturated rings. The molecule has 1 saturated carbocycles. The fraction of sp³-hybridized carbons (Fsp3) is 0.524. The first-order valence-corrected chi connectivity index (χ1v) is 10.3. The van der Waals surface area contributed by atoms with Crippen LogP contribution in [0.4, 0.5) is 10.6 Å². The van der Waals surface area contributed by atoms with Gasteiger partial charge < -0.3 is 24.8 Å². The van der Waals surface area contributed by atoms with E-state index < -0.39 is 6.09 Å². The monoisotopic (exact) mass is 431 g/mol. The summed E-state index contributed by atoms with van der Waals surface area (Å²) in [5, 5.41) is 19.6. The summed E-state index contributed by atoms with van der Waals surface area (Å²) in [5.41, 5.74) is 1.67. The molecule has 1 aliphatic rings. The van der Waals surface area contributed by atoms with Crippen LogP contribution >= 0.6 is 0 Å². The normalized spacial score (nSPS) is 19.1. The summed E-state index contributed by atoms with van der Waals surface area (Å²) in [5.74, 6) is 0.909. The number of rotatable bonds is 9. The van der Waals surface area contributed by atoms with Gasteiger partial charge in [0.15, 0.2) is 5.82 Å². The first-order chi connectivity index (χ1) is 14.9. The number of ether oxygens (including phenoxy) is 2. The Kier molecular flexibility index (Phi) is 7.45. The van der Waals surface area contributed by atoms with Crippen LogP contribution in [-0.2, 0) is 16.0 Å². The topological polar surface area (TPSA) is 130 Å².